The molecule has 0 N–H and O–H groups in total. The highest BCUT2D eigenvalue weighted by Gasteiger charge is 2.28. The van der Waals surface area contributed by atoms with Gasteiger partial charge in [0.15, 0.2) is 0 Å². The maximum atomic E-state index is 13.0. The zero-order chi connectivity index (χ0) is 24.6. The topological polar surface area (TPSA) is 81.1 Å². The summed E-state index contributed by atoms with van der Waals surface area (Å²) in [7, 11) is 1.33. The summed E-state index contributed by atoms with van der Waals surface area (Å²) in [5.74, 6) is -0.195. The number of ether oxygens (including phenoxy) is 2. The van der Waals surface area contributed by atoms with E-state index < -0.39 is 5.97 Å². The van der Waals surface area contributed by atoms with Gasteiger partial charge in [-0.05, 0) is 44.3 Å². The standard InChI is InChI=1S/C27H35N3O5/c1-34-27(33)26-22-12-15-29(25(32)20-28-13-6-3-7-14-28)16-17-30(22)24(31)19-23(26)35-18-8-11-21-9-4-2-5-10-21/h2,4-5,9-10,19H,3,6-8,11-18,20H2,1H3. The molecular weight excluding hydrogens is 446 g/mol. The molecule has 4 rings (SSSR count). The summed E-state index contributed by atoms with van der Waals surface area (Å²) in [4.78, 5) is 42.7. The Balaban J connectivity index is 1.47. The zero-order valence-electron chi connectivity index (χ0n) is 20.5. The molecular formula is C27H35N3O5. The third-order valence-electron chi connectivity index (χ3n) is 6.85. The van der Waals surface area contributed by atoms with Crippen LogP contribution in [0.4, 0.5) is 0 Å². The number of methoxy groups -OCH3 is 1. The average Bonchev–Trinajstić information content (AvgIpc) is 3.11. The van der Waals surface area contributed by atoms with Crippen LogP contribution < -0.4 is 10.3 Å². The van der Waals surface area contributed by atoms with Crippen molar-refractivity contribution in [3.8, 4) is 5.75 Å². The van der Waals surface area contributed by atoms with Crippen LogP contribution >= 0.6 is 0 Å². The summed E-state index contributed by atoms with van der Waals surface area (Å²) in [6.07, 6.45) is 5.47. The van der Waals surface area contributed by atoms with Crippen LogP contribution in [-0.2, 0) is 28.9 Å². The molecule has 1 aromatic carbocycles. The molecule has 1 fully saturated rings. The molecule has 1 amide bonds. The van der Waals surface area contributed by atoms with E-state index in [9.17, 15) is 14.4 Å². The molecule has 0 unspecified atom stereocenters. The molecule has 0 bridgehead atoms. The number of carbonyl (C=O) groups is 2. The SMILES string of the molecule is COC(=O)c1c(OCCCc2ccccc2)cc(=O)n2c1CCN(C(=O)CN1CCCCC1)CC2. The van der Waals surface area contributed by atoms with Gasteiger partial charge >= 0.3 is 5.97 Å². The Kier molecular flexibility index (Phi) is 8.58. The molecule has 2 aromatic rings. The molecule has 1 aromatic heterocycles. The maximum absolute atomic E-state index is 13.0. The van der Waals surface area contributed by atoms with Crippen LogP contribution in [0.3, 0.4) is 0 Å². The zero-order valence-corrected chi connectivity index (χ0v) is 20.5. The number of fused-ring (bicyclic) bond motifs is 1. The second-order valence-corrected chi connectivity index (χ2v) is 9.22. The predicted molar refractivity (Wildman–Crippen MR) is 133 cm³/mol. The molecule has 1 saturated heterocycles. The number of benzene rings is 1. The minimum absolute atomic E-state index is 0.0739. The summed E-state index contributed by atoms with van der Waals surface area (Å²) in [5.41, 5.74) is 1.85. The van der Waals surface area contributed by atoms with Crippen LogP contribution in [0.1, 0.15) is 47.3 Å². The van der Waals surface area contributed by atoms with E-state index in [-0.39, 0.29) is 22.8 Å². The van der Waals surface area contributed by atoms with E-state index in [0.717, 1.165) is 38.8 Å². The third-order valence-corrected chi connectivity index (χ3v) is 6.85. The van der Waals surface area contributed by atoms with E-state index in [0.29, 0.717) is 44.9 Å². The number of amides is 1. The van der Waals surface area contributed by atoms with Gasteiger partial charge in [0.25, 0.3) is 5.56 Å². The van der Waals surface area contributed by atoms with Crippen LogP contribution in [-0.4, -0.2) is 72.7 Å². The number of esters is 1. The summed E-state index contributed by atoms with van der Waals surface area (Å²) in [5, 5.41) is 0. The Labute approximate surface area is 206 Å². The van der Waals surface area contributed by atoms with Crippen molar-refractivity contribution in [2.24, 2.45) is 0 Å². The van der Waals surface area contributed by atoms with Crippen molar-refractivity contribution in [2.45, 2.75) is 45.1 Å². The molecule has 35 heavy (non-hydrogen) atoms. The van der Waals surface area contributed by atoms with Crippen molar-refractivity contribution >= 4 is 11.9 Å². The number of rotatable bonds is 8. The van der Waals surface area contributed by atoms with Gasteiger partial charge in [0.2, 0.25) is 5.91 Å². The first-order valence-electron chi connectivity index (χ1n) is 12.6. The number of aryl methyl sites for hydroxylation is 1. The van der Waals surface area contributed by atoms with Gasteiger partial charge in [0.05, 0.1) is 20.3 Å². The number of hydrogen-bond donors (Lipinski definition) is 0. The highest BCUT2D eigenvalue weighted by atomic mass is 16.5. The average molecular weight is 482 g/mol. The summed E-state index contributed by atoms with van der Waals surface area (Å²) < 4.78 is 12.6. The fourth-order valence-electron chi connectivity index (χ4n) is 4.95. The van der Waals surface area contributed by atoms with Crippen LogP contribution in [0.5, 0.6) is 5.75 Å². The second-order valence-electron chi connectivity index (χ2n) is 9.22. The van der Waals surface area contributed by atoms with Crippen LogP contribution in [0.25, 0.3) is 0 Å². The molecule has 0 spiro atoms. The lowest BCUT2D eigenvalue weighted by molar-refractivity contribution is -0.132. The van der Waals surface area contributed by atoms with E-state index in [4.69, 9.17) is 9.47 Å². The number of piperidine rings is 1. The van der Waals surface area contributed by atoms with Gasteiger partial charge in [0.1, 0.15) is 11.3 Å². The van der Waals surface area contributed by atoms with Crippen LogP contribution in [0, 0.1) is 0 Å². The smallest absolute Gasteiger partial charge is 0.343 e. The minimum atomic E-state index is -0.528. The van der Waals surface area contributed by atoms with Crippen LogP contribution in [0.2, 0.25) is 0 Å². The predicted octanol–water partition coefficient (Wildman–Crippen LogP) is 2.52. The van der Waals surface area contributed by atoms with Gasteiger partial charge in [0, 0.05) is 37.8 Å². The number of carbonyl (C=O) groups excluding carboxylic acids is 2. The van der Waals surface area contributed by atoms with Gasteiger partial charge in [-0.15, -0.1) is 0 Å². The summed E-state index contributed by atoms with van der Waals surface area (Å²) in [6.45, 7) is 3.93. The number of likely N-dealkylation sites (tertiary alicyclic amines) is 1. The van der Waals surface area contributed by atoms with Gasteiger partial charge in [-0.25, -0.2) is 4.79 Å². The molecule has 8 nitrogen and oxygen atoms in total. The van der Waals surface area contributed by atoms with E-state index >= 15 is 0 Å². The van der Waals surface area contributed by atoms with Gasteiger partial charge in [-0.3, -0.25) is 14.5 Å². The van der Waals surface area contributed by atoms with Gasteiger partial charge in [-0.2, -0.15) is 0 Å². The highest BCUT2D eigenvalue weighted by Crippen LogP contribution is 2.24. The number of hydrogen-bond acceptors (Lipinski definition) is 6. The molecule has 0 radical (unpaired) electrons. The molecule has 0 saturated carbocycles. The Morgan fingerprint density at radius 1 is 0.971 bits per heavy atom. The Hall–Kier alpha value is -3.13. The second kappa shape index (κ2) is 12.0. The third kappa shape index (κ3) is 6.31. The van der Waals surface area contributed by atoms with Crippen molar-refractivity contribution in [3.05, 3.63) is 63.6 Å². The molecule has 0 atom stereocenters. The first-order valence-corrected chi connectivity index (χ1v) is 12.6. The molecule has 0 aliphatic carbocycles. The molecule has 2 aliphatic rings. The van der Waals surface area contributed by atoms with E-state index in [1.807, 2.05) is 23.1 Å². The fourth-order valence-corrected chi connectivity index (χ4v) is 4.95. The summed E-state index contributed by atoms with van der Waals surface area (Å²) >= 11 is 0. The lowest BCUT2D eigenvalue weighted by Crippen LogP contribution is -2.43. The van der Waals surface area contributed by atoms with Crippen molar-refractivity contribution in [3.63, 3.8) is 0 Å². The van der Waals surface area contributed by atoms with Crippen LogP contribution in [0.15, 0.2) is 41.2 Å². The van der Waals surface area contributed by atoms with Crippen molar-refractivity contribution in [1.82, 2.24) is 14.4 Å². The molecule has 2 aliphatic heterocycles. The highest BCUT2D eigenvalue weighted by molar-refractivity contribution is 5.93. The fraction of sp³-hybridized carbons (Fsp3) is 0.519. The number of nitrogens with zero attached hydrogens (tertiary/aromatic N) is 3. The van der Waals surface area contributed by atoms with Gasteiger partial charge < -0.3 is 18.9 Å². The van der Waals surface area contributed by atoms with Crippen molar-refractivity contribution < 1.29 is 19.1 Å². The number of aromatic nitrogens is 1. The lowest BCUT2D eigenvalue weighted by Gasteiger charge is -2.28. The number of pyridine rings is 1. The first kappa shape index (κ1) is 25.0. The maximum Gasteiger partial charge on any atom is 0.343 e. The molecule has 188 valence electrons. The summed E-state index contributed by atoms with van der Waals surface area (Å²) in [6, 6.07) is 11.5. The van der Waals surface area contributed by atoms with Crippen molar-refractivity contribution in [1.29, 1.82) is 0 Å². The quantitative estimate of drug-likeness (QED) is 0.426. The first-order chi connectivity index (χ1) is 17.1. The Morgan fingerprint density at radius 3 is 2.49 bits per heavy atom. The monoisotopic (exact) mass is 481 g/mol. The minimum Gasteiger partial charge on any atom is -0.492 e. The van der Waals surface area contributed by atoms with E-state index in [1.54, 1.807) is 4.57 Å². The molecule has 8 heteroatoms. The Bertz CT molecular complexity index is 1080. The normalized spacial score (nSPS) is 16.3. The van der Waals surface area contributed by atoms with Gasteiger partial charge in [-0.1, -0.05) is 36.8 Å². The van der Waals surface area contributed by atoms with E-state index in [1.165, 1.54) is 25.2 Å². The largest absolute Gasteiger partial charge is 0.492 e. The Morgan fingerprint density at radius 2 is 1.74 bits per heavy atom. The van der Waals surface area contributed by atoms with Crippen molar-refractivity contribution in [2.75, 3.05) is 46.4 Å². The molecule has 3 heterocycles. The van der Waals surface area contributed by atoms with E-state index in [2.05, 4.69) is 17.0 Å². The lowest BCUT2D eigenvalue weighted by atomic mass is 10.1.